The molecule has 6 heteroatoms. The molecular weight excluding hydrogens is 249 g/mol. The monoisotopic (exact) mass is 263 g/mol. The summed E-state index contributed by atoms with van der Waals surface area (Å²) in [5, 5.41) is 3.97. The maximum absolute atomic E-state index is 13.6. The predicted molar refractivity (Wildman–Crippen MR) is 68.4 cm³/mol. The van der Waals surface area contributed by atoms with E-state index in [4.69, 9.17) is 10.5 Å². The summed E-state index contributed by atoms with van der Waals surface area (Å²) in [6.07, 6.45) is 0. The lowest BCUT2D eigenvalue weighted by atomic mass is 10.1. The van der Waals surface area contributed by atoms with Gasteiger partial charge in [0.05, 0.1) is 19.7 Å². The standard InChI is InChI=1S/C13H14FN3O2/c1-19-12-6-7-13(18)17(16-12)8-11(15)9-4-2-3-5-10(9)14/h2-7,11H,8,15H2,1H3. The minimum atomic E-state index is -0.654. The van der Waals surface area contributed by atoms with Gasteiger partial charge < -0.3 is 10.5 Å². The molecule has 1 heterocycles. The molecule has 0 saturated carbocycles. The number of halogens is 1. The van der Waals surface area contributed by atoms with Crippen LogP contribution in [-0.2, 0) is 6.54 Å². The summed E-state index contributed by atoms with van der Waals surface area (Å²) in [4.78, 5) is 11.6. The van der Waals surface area contributed by atoms with Crippen LogP contribution in [-0.4, -0.2) is 16.9 Å². The lowest BCUT2D eigenvalue weighted by molar-refractivity contribution is 0.369. The number of hydrogen-bond donors (Lipinski definition) is 1. The van der Waals surface area contributed by atoms with E-state index < -0.39 is 11.9 Å². The summed E-state index contributed by atoms with van der Waals surface area (Å²) in [6.45, 7) is 0.0803. The Morgan fingerprint density at radius 1 is 1.37 bits per heavy atom. The van der Waals surface area contributed by atoms with Crippen molar-refractivity contribution in [1.29, 1.82) is 0 Å². The Morgan fingerprint density at radius 2 is 2.11 bits per heavy atom. The number of aromatic nitrogens is 2. The van der Waals surface area contributed by atoms with Gasteiger partial charge in [-0.25, -0.2) is 9.07 Å². The number of ether oxygens (including phenoxy) is 1. The van der Waals surface area contributed by atoms with Crippen LogP contribution in [0.1, 0.15) is 11.6 Å². The molecule has 0 fully saturated rings. The maximum atomic E-state index is 13.6. The molecule has 5 nitrogen and oxygen atoms in total. The summed E-state index contributed by atoms with van der Waals surface area (Å²) in [5.74, 6) is -0.0914. The van der Waals surface area contributed by atoms with E-state index in [1.807, 2.05) is 0 Å². The van der Waals surface area contributed by atoms with Gasteiger partial charge in [0.1, 0.15) is 5.82 Å². The first-order valence-electron chi connectivity index (χ1n) is 5.74. The zero-order valence-corrected chi connectivity index (χ0v) is 10.4. The molecule has 0 aliphatic heterocycles. The fraction of sp³-hybridized carbons (Fsp3) is 0.231. The average Bonchev–Trinajstić information content (AvgIpc) is 2.41. The molecule has 1 unspecified atom stereocenters. The van der Waals surface area contributed by atoms with E-state index in [-0.39, 0.29) is 12.1 Å². The number of rotatable bonds is 4. The molecule has 1 atom stereocenters. The molecule has 0 aliphatic carbocycles. The third-order valence-electron chi connectivity index (χ3n) is 2.73. The molecule has 0 amide bonds. The second kappa shape index (κ2) is 5.62. The highest BCUT2D eigenvalue weighted by atomic mass is 19.1. The smallest absolute Gasteiger partial charge is 0.267 e. The largest absolute Gasteiger partial charge is 0.480 e. The van der Waals surface area contributed by atoms with E-state index in [1.165, 1.54) is 25.3 Å². The molecule has 0 aliphatic rings. The van der Waals surface area contributed by atoms with Crippen LogP contribution in [0.25, 0.3) is 0 Å². The number of nitrogens with two attached hydrogens (primary N) is 1. The quantitative estimate of drug-likeness (QED) is 0.896. The molecule has 1 aromatic heterocycles. The fourth-order valence-corrected chi connectivity index (χ4v) is 1.73. The van der Waals surface area contributed by atoms with Crippen molar-refractivity contribution in [3.63, 3.8) is 0 Å². The van der Waals surface area contributed by atoms with Gasteiger partial charge in [0, 0.05) is 17.7 Å². The minimum absolute atomic E-state index is 0.0803. The van der Waals surface area contributed by atoms with E-state index in [2.05, 4.69) is 5.10 Å². The Kier molecular flexibility index (Phi) is 3.91. The van der Waals surface area contributed by atoms with Crippen LogP contribution < -0.4 is 16.0 Å². The number of hydrogen-bond acceptors (Lipinski definition) is 4. The first-order chi connectivity index (χ1) is 9.11. The zero-order chi connectivity index (χ0) is 13.8. The van der Waals surface area contributed by atoms with Gasteiger partial charge in [-0.3, -0.25) is 4.79 Å². The lowest BCUT2D eigenvalue weighted by Gasteiger charge is -2.14. The van der Waals surface area contributed by atoms with Gasteiger partial charge in [-0.1, -0.05) is 18.2 Å². The highest BCUT2D eigenvalue weighted by Crippen LogP contribution is 2.15. The van der Waals surface area contributed by atoms with Crippen LogP contribution in [0.5, 0.6) is 5.88 Å². The second-order valence-corrected chi connectivity index (χ2v) is 4.02. The Labute approximate surface area is 109 Å². The first kappa shape index (κ1) is 13.2. The molecule has 1 aromatic carbocycles. The maximum Gasteiger partial charge on any atom is 0.267 e. The van der Waals surface area contributed by atoms with Crippen molar-refractivity contribution < 1.29 is 9.13 Å². The van der Waals surface area contributed by atoms with E-state index in [9.17, 15) is 9.18 Å². The molecular formula is C13H14FN3O2. The predicted octanol–water partition coefficient (Wildman–Crippen LogP) is 1.09. The second-order valence-electron chi connectivity index (χ2n) is 4.02. The van der Waals surface area contributed by atoms with Crippen LogP contribution in [0.2, 0.25) is 0 Å². The summed E-state index contributed by atoms with van der Waals surface area (Å²) in [7, 11) is 1.45. The van der Waals surface area contributed by atoms with Crippen LogP contribution in [0.15, 0.2) is 41.2 Å². The Balaban J connectivity index is 2.26. The molecule has 0 radical (unpaired) electrons. The van der Waals surface area contributed by atoms with Gasteiger partial charge in [-0.05, 0) is 6.07 Å². The number of methoxy groups -OCH3 is 1. The molecule has 2 aromatic rings. The molecule has 0 bridgehead atoms. The number of nitrogens with zero attached hydrogens (tertiary/aromatic N) is 2. The van der Waals surface area contributed by atoms with Crippen molar-refractivity contribution in [2.75, 3.05) is 7.11 Å². The average molecular weight is 263 g/mol. The summed E-state index contributed by atoms with van der Waals surface area (Å²) in [5.41, 5.74) is 5.94. The van der Waals surface area contributed by atoms with Crippen molar-refractivity contribution in [1.82, 2.24) is 9.78 Å². The van der Waals surface area contributed by atoms with Crippen molar-refractivity contribution >= 4 is 0 Å². The first-order valence-corrected chi connectivity index (χ1v) is 5.74. The highest BCUT2D eigenvalue weighted by molar-refractivity contribution is 5.20. The van der Waals surface area contributed by atoms with E-state index in [0.29, 0.717) is 11.4 Å². The van der Waals surface area contributed by atoms with E-state index in [1.54, 1.807) is 18.2 Å². The molecule has 0 saturated heterocycles. The highest BCUT2D eigenvalue weighted by Gasteiger charge is 2.13. The van der Waals surface area contributed by atoms with Crippen LogP contribution in [0.4, 0.5) is 4.39 Å². The van der Waals surface area contributed by atoms with Gasteiger partial charge in [-0.15, -0.1) is 5.10 Å². The van der Waals surface area contributed by atoms with Crippen molar-refractivity contribution in [3.05, 3.63) is 58.1 Å². The third-order valence-corrected chi connectivity index (χ3v) is 2.73. The van der Waals surface area contributed by atoms with Crippen molar-refractivity contribution in [3.8, 4) is 5.88 Å². The summed E-state index contributed by atoms with van der Waals surface area (Å²) >= 11 is 0. The summed E-state index contributed by atoms with van der Waals surface area (Å²) in [6, 6.07) is 8.34. The van der Waals surface area contributed by atoms with Crippen molar-refractivity contribution in [2.24, 2.45) is 5.73 Å². The normalized spacial score (nSPS) is 12.2. The molecule has 2 N–H and O–H groups in total. The summed E-state index contributed by atoms with van der Waals surface area (Å²) < 4.78 is 19.7. The molecule has 2 rings (SSSR count). The topological polar surface area (TPSA) is 70.1 Å². The zero-order valence-electron chi connectivity index (χ0n) is 10.4. The number of benzene rings is 1. The molecule has 19 heavy (non-hydrogen) atoms. The van der Waals surface area contributed by atoms with E-state index in [0.717, 1.165) is 4.68 Å². The van der Waals surface area contributed by atoms with Crippen LogP contribution in [0, 0.1) is 5.82 Å². The van der Waals surface area contributed by atoms with Crippen LogP contribution >= 0.6 is 0 Å². The minimum Gasteiger partial charge on any atom is -0.480 e. The molecule has 0 spiro atoms. The lowest BCUT2D eigenvalue weighted by Crippen LogP contribution is -2.28. The van der Waals surface area contributed by atoms with Gasteiger partial charge in [0.2, 0.25) is 5.88 Å². The van der Waals surface area contributed by atoms with Crippen molar-refractivity contribution in [2.45, 2.75) is 12.6 Å². The van der Waals surface area contributed by atoms with Crippen LogP contribution in [0.3, 0.4) is 0 Å². The van der Waals surface area contributed by atoms with Gasteiger partial charge in [0.15, 0.2) is 0 Å². The fourth-order valence-electron chi connectivity index (χ4n) is 1.73. The Morgan fingerprint density at radius 3 is 2.79 bits per heavy atom. The van der Waals surface area contributed by atoms with Gasteiger partial charge in [-0.2, -0.15) is 0 Å². The Bertz CT molecular complexity index is 627. The SMILES string of the molecule is COc1ccc(=O)n(CC(N)c2ccccc2F)n1. The molecule has 100 valence electrons. The van der Waals surface area contributed by atoms with E-state index >= 15 is 0 Å². The Hall–Kier alpha value is -2.21. The van der Waals surface area contributed by atoms with Gasteiger partial charge in [0.25, 0.3) is 5.56 Å². The van der Waals surface area contributed by atoms with Gasteiger partial charge >= 0.3 is 0 Å². The third kappa shape index (κ3) is 2.97.